The van der Waals surface area contributed by atoms with Crippen LogP contribution in [0, 0.1) is 5.82 Å². The van der Waals surface area contributed by atoms with Crippen LogP contribution in [0.15, 0.2) is 47.4 Å². The summed E-state index contributed by atoms with van der Waals surface area (Å²) in [6, 6.07) is 7.19. The summed E-state index contributed by atoms with van der Waals surface area (Å²) in [7, 11) is -2.86. The Kier molecular flexibility index (Phi) is 4.51. The molecule has 4 nitrogen and oxygen atoms in total. The molecule has 2 aromatic carbocycles. The Morgan fingerprint density at radius 3 is 2.17 bits per heavy atom. The van der Waals surface area contributed by atoms with Crippen molar-refractivity contribution in [1.82, 2.24) is 0 Å². The summed E-state index contributed by atoms with van der Waals surface area (Å²) in [5.74, 6) is -1.06. The van der Waals surface area contributed by atoms with Crippen molar-refractivity contribution in [3.63, 3.8) is 0 Å². The molecule has 23 heavy (non-hydrogen) atoms. The monoisotopic (exact) mass is 349 g/mol. The van der Waals surface area contributed by atoms with Gasteiger partial charge in [0.05, 0.1) is 17.6 Å². The largest absolute Gasteiger partial charge is 0.497 e. The van der Waals surface area contributed by atoms with E-state index in [1.54, 1.807) is 0 Å². The number of sulfonamides is 1. The third-order valence-electron chi connectivity index (χ3n) is 2.90. The molecule has 0 bridgehead atoms. The Bertz CT molecular complexity index is 802. The quantitative estimate of drug-likeness (QED) is 0.857. The number of alkyl halides is 3. The molecule has 0 amide bonds. The highest BCUT2D eigenvalue weighted by molar-refractivity contribution is 7.92. The van der Waals surface area contributed by atoms with Crippen molar-refractivity contribution >= 4 is 15.7 Å². The molecule has 0 aliphatic carbocycles. The van der Waals surface area contributed by atoms with Crippen LogP contribution in [-0.2, 0) is 16.2 Å². The molecule has 0 radical (unpaired) electrons. The summed E-state index contributed by atoms with van der Waals surface area (Å²) < 4.78 is 82.4. The first kappa shape index (κ1) is 17.1. The molecule has 124 valence electrons. The van der Waals surface area contributed by atoms with Gasteiger partial charge in [-0.05, 0) is 42.5 Å². The van der Waals surface area contributed by atoms with Crippen LogP contribution in [-0.4, -0.2) is 15.5 Å². The third-order valence-corrected chi connectivity index (χ3v) is 4.27. The van der Waals surface area contributed by atoms with Crippen molar-refractivity contribution in [2.45, 2.75) is 11.1 Å². The van der Waals surface area contributed by atoms with Crippen molar-refractivity contribution in [3.8, 4) is 5.75 Å². The molecule has 0 spiro atoms. The number of hydrogen-bond donors (Lipinski definition) is 1. The van der Waals surface area contributed by atoms with Gasteiger partial charge in [0.15, 0.2) is 0 Å². The summed E-state index contributed by atoms with van der Waals surface area (Å²) >= 11 is 0. The molecule has 0 aliphatic rings. The van der Waals surface area contributed by atoms with Crippen LogP contribution in [0.3, 0.4) is 0 Å². The predicted molar refractivity (Wildman–Crippen MR) is 75.2 cm³/mol. The van der Waals surface area contributed by atoms with Crippen molar-refractivity contribution in [2.75, 3.05) is 11.8 Å². The first-order valence-electron chi connectivity index (χ1n) is 6.17. The van der Waals surface area contributed by atoms with Gasteiger partial charge in [-0.15, -0.1) is 0 Å². The Morgan fingerprint density at radius 2 is 1.65 bits per heavy atom. The molecule has 1 N–H and O–H groups in total. The molecule has 0 saturated heterocycles. The number of halogens is 4. The predicted octanol–water partition coefficient (Wildman–Crippen LogP) is 3.65. The van der Waals surface area contributed by atoms with Crippen LogP contribution in [0.25, 0.3) is 0 Å². The average Bonchev–Trinajstić information content (AvgIpc) is 2.46. The lowest BCUT2D eigenvalue weighted by Gasteiger charge is -2.12. The molecule has 0 saturated carbocycles. The number of ether oxygens (including phenoxy) is 1. The second-order valence-electron chi connectivity index (χ2n) is 4.47. The summed E-state index contributed by atoms with van der Waals surface area (Å²) in [5.41, 5.74) is -1.52. The zero-order chi connectivity index (χ0) is 17.3. The molecule has 0 heterocycles. The normalized spacial score (nSPS) is 12.0. The van der Waals surface area contributed by atoms with Gasteiger partial charge in [0, 0.05) is 5.69 Å². The van der Waals surface area contributed by atoms with Gasteiger partial charge >= 0.3 is 6.18 Å². The van der Waals surface area contributed by atoms with Gasteiger partial charge in [0.25, 0.3) is 10.0 Å². The van der Waals surface area contributed by atoms with Crippen molar-refractivity contribution < 1.29 is 30.7 Å². The second kappa shape index (κ2) is 6.07. The van der Waals surface area contributed by atoms with E-state index in [0.29, 0.717) is 11.8 Å². The zero-order valence-electron chi connectivity index (χ0n) is 11.7. The van der Waals surface area contributed by atoms with E-state index in [4.69, 9.17) is 4.74 Å². The van der Waals surface area contributed by atoms with Crippen LogP contribution < -0.4 is 9.46 Å². The highest BCUT2D eigenvalue weighted by atomic mass is 32.2. The van der Waals surface area contributed by atoms with E-state index in [1.165, 1.54) is 31.4 Å². The highest BCUT2D eigenvalue weighted by Gasteiger charge is 2.35. The molecule has 2 rings (SSSR count). The lowest BCUT2D eigenvalue weighted by molar-refractivity contribution is -0.140. The fourth-order valence-electron chi connectivity index (χ4n) is 1.76. The maximum atomic E-state index is 13.2. The topological polar surface area (TPSA) is 55.4 Å². The van der Waals surface area contributed by atoms with E-state index in [-0.39, 0.29) is 11.8 Å². The van der Waals surface area contributed by atoms with Gasteiger partial charge in [-0.3, -0.25) is 4.72 Å². The van der Waals surface area contributed by atoms with E-state index < -0.39 is 32.5 Å². The third kappa shape index (κ3) is 3.92. The molecule has 2 aromatic rings. The summed E-state index contributed by atoms with van der Waals surface area (Å²) in [4.78, 5) is -0.693. The smallest absolute Gasteiger partial charge is 0.419 e. The maximum absolute atomic E-state index is 13.2. The van der Waals surface area contributed by atoms with Crippen molar-refractivity contribution in [3.05, 3.63) is 53.8 Å². The van der Waals surface area contributed by atoms with Crippen molar-refractivity contribution in [1.29, 1.82) is 0 Å². The van der Waals surface area contributed by atoms with Gasteiger partial charge in [0.2, 0.25) is 0 Å². The molecule has 0 unspecified atom stereocenters. The molecule has 0 aromatic heterocycles. The van der Waals surface area contributed by atoms with E-state index in [1.807, 2.05) is 0 Å². The number of hydrogen-bond acceptors (Lipinski definition) is 3. The standard InChI is InChI=1S/C14H11F4NO3S/c1-22-10-4-2-9(3-5-10)19-23(20,21)11-6-7-13(15)12(8-11)14(16,17)18/h2-8,19H,1H3. The Labute approximate surface area is 129 Å². The Morgan fingerprint density at radius 1 is 1.04 bits per heavy atom. The number of methoxy groups -OCH3 is 1. The fourth-order valence-corrected chi connectivity index (χ4v) is 2.85. The van der Waals surface area contributed by atoms with Crippen LogP contribution >= 0.6 is 0 Å². The molecule has 0 aliphatic heterocycles. The highest BCUT2D eigenvalue weighted by Crippen LogP contribution is 2.33. The minimum atomic E-state index is -4.99. The van der Waals surface area contributed by atoms with E-state index >= 15 is 0 Å². The lowest BCUT2D eigenvalue weighted by Crippen LogP contribution is -2.15. The summed E-state index contributed by atoms with van der Waals surface area (Å²) in [6.07, 6.45) is -4.99. The number of benzene rings is 2. The number of nitrogens with one attached hydrogen (secondary N) is 1. The average molecular weight is 349 g/mol. The zero-order valence-corrected chi connectivity index (χ0v) is 12.5. The van der Waals surface area contributed by atoms with E-state index in [0.717, 1.165) is 6.07 Å². The van der Waals surface area contributed by atoms with E-state index in [9.17, 15) is 26.0 Å². The van der Waals surface area contributed by atoms with Crippen LogP contribution in [0.4, 0.5) is 23.2 Å². The van der Waals surface area contributed by atoms with Crippen LogP contribution in [0.1, 0.15) is 5.56 Å². The Hall–Kier alpha value is -2.29. The van der Waals surface area contributed by atoms with Gasteiger partial charge in [-0.25, -0.2) is 12.8 Å². The van der Waals surface area contributed by atoms with Gasteiger partial charge < -0.3 is 4.74 Å². The Balaban J connectivity index is 2.35. The van der Waals surface area contributed by atoms with Crippen LogP contribution in [0.5, 0.6) is 5.75 Å². The molecule has 0 fully saturated rings. The molecule has 0 atom stereocenters. The lowest BCUT2D eigenvalue weighted by atomic mass is 10.2. The van der Waals surface area contributed by atoms with E-state index in [2.05, 4.69) is 4.72 Å². The second-order valence-corrected chi connectivity index (χ2v) is 6.16. The van der Waals surface area contributed by atoms with Gasteiger partial charge in [0.1, 0.15) is 11.6 Å². The maximum Gasteiger partial charge on any atom is 0.419 e. The minimum Gasteiger partial charge on any atom is -0.497 e. The first-order valence-corrected chi connectivity index (χ1v) is 7.65. The van der Waals surface area contributed by atoms with Crippen LogP contribution in [0.2, 0.25) is 0 Å². The molecule has 9 heteroatoms. The summed E-state index contributed by atoms with van der Waals surface area (Å²) in [6.45, 7) is 0. The summed E-state index contributed by atoms with van der Waals surface area (Å²) in [5, 5.41) is 0. The minimum absolute atomic E-state index is 0.128. The number of rotatable bonds is 4. The molecular weight excluding hydrogens is 338 g/mol. The first-order chi connectivity index (χ1) is 10.6. The number of anilines is 1. The van der Waals surface area contributed by atoms with Gasteiger partial charge in [-0.1, -0.05) is 0 Å². The van der Waals surface area contributed by atoms with Crippen molar-refractivity contribution in [2.24, 2.45) is 0 Å². The molecular formula is C14H11F4NO3S. The fraction of sp³-hybridized carbons (Fsp3) is 0.143. The van der Waals surface area contributed by atoms with Gasteiger partial charge in [-0.2, -0.15) is 13.2 Å². The SMILES string of the molecule is COc1ccc(NS(=O)(=O)c2ccc(F)c(C(F)(F)F)c2)cc1.